The van der Waals surface area contributed by atoms with Gasteiger partial charge in [0.2, 0.25) is 0 Å². The molecule has 47 heavy (non-hydrogen) atoms. The molecular formula is C44H28N2S. The normalized spacial score (nSPS) is 12.6. The van der Waals surface area contributed by atoms with Crippen LogP contribution < -0.4 is 4.90 Å². The van der Waals surface area contributed by atoms with Gasteiger partial charge in [0.15, 0.2) is 0 Å². The Morgan fingerprint density at radius 1 is 0.362 bits per heavy atom. The van der Waals surface area contributed by atoms with Crippen molar-refractivity contribution in [1.29, 1.82) is 0 Å². The Kier molecular flexibility index (Phi) is 5.84. The van der Waals surface area contributed by atoms with Gasteiger partial charge in [0.25, 0.3) is 0 Å². The topological polar surface area (TPSA) is 8.17 Å². The highest BCUT2D eigenvalue weighted by Gasteiger charge is 2.25. The molecule has 0 atom stereocenters. The number of rotatable bonds is 3. The number of hydrogen-bond donors (Lipinski definition) is 0. The standard InChI is InChI=1S/C44H28N2S/c1-2-11-33(12-3-1)45-41-16-8-9-17-43(41)47-44-27-32(22-25-42(44)45)31-21-24-40-38(26-31)36-14-6-7-15-39(36)46(40)34-23-20-30-19-18-29-10-4-5-13-35(29)37(30)28-34/h1-28H. The summed E-state index contributed by atoms with van der Waals surface area (Å²) in [5.74, 6) is 0. The molecule has 0 saturated carbocycles. The van der Waals surface area contributed by atoms with Crippen LogP contribution in [0.25, 0.3) is 60.2 Å². The lowest BCUT2D eigenvalue weighted by atomic mass is 10.0. The largest absolute Gasteiger partial charge is 0.309 e. The minimum Gasteiger partial charge on any atom is -0.309 e. The van der Waals surface area contributed by atoms with Gasteiger partial charge in [-0.15, -0.1) is 0 Å². The second kappa shape index (κ2) is 10.4. The fourth-order valence-electron chi connectivity index (χ4n) is 7.35. The molecule has 0 unspecified atom stereocenters. The second-order valence-corrected chi connectivity index (χ2v) is 13.3. The van der Waals surface area contributed by atoms with Crippen molar-refractivity contribution in [2.45, 2.75) is 9.79 Å². The minimum absolute atomic E-state index is 1.17. The summed E-state index contributed by atoms with van der Waals surface area (Å²) in [5.41, 5.74) is 9.66. The molecule has 1 aromatic heterocycles. The molecule has 0 bridgehead atoms. The van der Waals surface area contributed by atoms with Gasteiger partial charge in [-0.1, -0.05) is 115 Å². The van der Waals surface area contributed by atoms with E-state index in [0.29, 0.717) is 0 Å². The van der Waals surface area contributed by atoms with Crippen LogP contribution in [-0.2, 0) is 0 Å². The fourth-order valence-corrected chi connectivity index (χ4v) is 8.45. The number of benzene rings is 8. The first-order valence-electron chi connectivity index (χ1n) is 16.0. The average molecular weight is 617 g/mol. The van der Waals surface area contributed by atoms with Crippen LogP contribution in [0.5, 0.6) is 0 Å². The third-order valence-electron chi connectivity index (χ3n) is 9.54. The Morgan fingerprint density at radius 2 is 1.02 bits per heavy atom. The van der Waals surface area contributed by atoms with Crippen LogP contribution in [0.2, 0.25) is 0 Å². The highest BCUT2D eigenvalue weighted by atomic mass is 32.2. The Balaban J connectivity index is 1.13. The van der Waals surface area contributed by atoms with Crippen molar-refractivity contribution in [1.82, 2.24) is 4.57 Å². The van der Waals surface area contributed by atoms with Crippen LogP contribution in [0.4, 0.5) is 17.1 Å². The lowest BCUT2D eigenvalue weighted by molar-refractivity contribution is 1.17. The molecule has 2 heterocycles. The number of para-hydroxylation sites is 3. The van der Waals surface area contributed by atoms with Gasteiger partial charge in [0, 0.05) is 31.9 Å². The van der Waals surface area contributed by atoms with Crippen molar-refractivity contribution in [3.05, 3.63) is 170 Å². The lowest BCUT2D eigenvalue weighted by Crippen LogP contribution is -2.14. The second-order valence-electron chi connectivity index (χ2n) is 12.2. The van der Waals surface area contributed by atoms with Crippen molar-refractivity contribution < 1.29 is 0 Å². The summed E-state index contributed by atoms with van der Waals surface area (Å²) in [4.78, 5) is 4.91. The smallest absolute Gasteiger partial charge is 0.0602 e. The summed E-state index contributed by atoms with van der Waals surface area (Å²) < 4.78 is 2.42. The van der Waals surface area contributed by atoms with Crippen molar-refractivity contribution >= 4 is 72.2 Å². The first kappa shape index (κ1) is 26.4. The van der Waals surface area contributed by atoms with Crippen molar-refractivity contribution in [2.75, 3.05) is 4.90 Å². The molecule has 0 N–H and O–H groups in total. The van der Waals surface area contributed by atoms with E-state index in [-0.39, 0.29) is 0 Å². The van der Waals surface area contributed by atoms with E-state index in [4.69, 9.17) is 0 Å². The fraction of sp³-hybridized carbons (Fsp3) is 0. The molecule has 0 fully saturated rings. The number of anilines is 3. The zero-order valence-corrected chi connectivity index (χ0v) is 26.3. The van der Waals surface area contributed by atoms with Crippen LogP contribution in [0.15, 0.2) is 180 Å². The number of fused-ring (bicyclic) bond motifs is 8. The van der Waals surface area contributed by atoms with E-state index in [1.807, 2.05) is 11.8 Å². The Morgan fingerprint density at radius 3 is 1.94 bits per heavy atom. The molecule has 1 aliphatic heterocycles. The third-order valence-corrected chi connectivity index (χ3v) is 10.6. The summed E-state index contributed by atoms with van der Waals surface area (Å²) in [7, 11) is 0. The highest BCUT2D eigenvalue weighted by molar-refractivity contribution is 7.99. The van der Waals surface area contributed by atoms with E-state index in [9.17, 15) is 0 Å². The number of hydrogen-bond acceptors (Lipinski definition) is 2. The molecule has 1 aliphatic rings. The van der Waals surface area contributed by atoms with Gasteiger partial charge in [0.1, 0.15) is 0 Å². The molecule has 0 aliphatic carbocycles. The average Bonchev–Trinajstić information content (AvgIpc) is 3.47. The monoisotopic (exact) mass is 616 g/mol. The van der Waals surface area contributed by atoms with Crippen molar-refractivity contribution in [3.63, 3.8) is 0 Å². The minimum atomic E-state index is 1.17. The lowest BCUT2D eigenvalue weighted by Gasteiger charge is -2.33. The van der Waals surface area contributed by atoms with Gasteiger partial charge < -0.3 is 9.47 Å². The first-order valence-corrected chi connectivity index (χ1v) is 16.8. The Hall–Kier alpha value is -5.77. The van der Waals surface area contributed by atoms with Crippen LogP contribution in [-0.4, -0.2) is 4.57 Å². The van der Waals surface area contributed by atoms with Crippen LogP contribution >= 0.6 is 11.8 Å². The van der Waals surface area contributed by atoms with Gasteiger partial charge >= 0.3 is 0 Å². The molecule has 0 saturated heterocycles. The Bertz CT molecular complexity index is 2670. The third kappa shape index (κ3) is 4.14. The maximum atomic E-state index is 2.42. The molecule has 3 heteroatoms. The number of aromatic nitrogens is 1. The van der Waals surface area contributed by atoms with Gasteiger partial charge in [-0.3, -0.25) is 0 Å². The predicted octanol–water partition coefficient (Wildman–Crippen LogP) is 12.7. The van der Waals surface area contributed by atoms with Gasteiger partial charge in [-0.05, 0) is 99.4 Å². The quantitative estimate of drug-likeness (QED) is 0.183. The summed E-state index contributed by atoms with van der Waals surface area (Å²) in [6.45, 7) is 0. The van der Waals surface area contributed by atoms with E-state index < -0.39 is 0 Å². The maximum absolute atomic E-state index is 2.42. The predicted molar refractivity (Wildman–Crippen MR) is 200 cm³/mol. The molecule has 0 spiro atoms. The molecule has 0 amide bonds. The van der Waals surface area contributed by atoms with Crippen LogP contribution in [0.3, 0.4) is 0 Å². The van der Waals surface area contributed by atoms with Gasteiger partial charge in [-0.25, -0.2) is 0 Å². The SMILES string of the molecule is c1ccc(N2c3ccccc3Sc3cc(-c4ccc5c(c4)c4ccccc4n5-c4ccc5ccc6ccccc6c5c4)ccc32)cc1. The van der Waals surface area contributed by atoms with E-state index in [1.54, 1.807) is 0 Å². The summed E-state index contributed by atoms with van der Waals surface area (Å²) in [6, 6.07) is 62.0. The van der Waals surface area contributed by atoms with Crippen molar-refractivity contribution in [2.24, 2.45) is 0 Å². The summed E-state index contributed by atoms with van der Waals surface area (Å²) >= 11 is 1.85. The number of nitrogens with zero attached hydrogens (tertiary/aromatic N) is 2. The van der Waals surface area contributed by atoms with E-state index in [1.165, 1.54) is 87.0 Å². The summed E-state index contributed by atoms with van der Waals surface area (Å²) in [6.07, 6.45) is 0. The van der Waals surface area contributed by atoms with E-state index >= 15 is 0 Å². The highest BCUT2D eigenvalue weighted by Crippen LogP contribution is 2.52. The molecule has 2 nitrogen and oxygen atoms in total. The molecule has 10 rings (SSSR count). The molecule has 0 radical (unpaired) electrons. The molecule has 220 valence electrons. The molecular weight excluding hydrogens is 589 g/mol. The van der Waals surface area contributed by atoms with Crippen LogP contribution in [0, 0.1) is 0 Å². The molecule has 9 aromatic rings. The zero-order valence-electron chi connectivity index (χ0n) is 25.5. The van der Waals surface area contributed by atoms with Crippen LogP contribution in [0.1, 0.15) is 0 Å². The zero-order chi connectivity index (χ0) is 30.9. The first-order chi connectivity index (χ1) is 23.3. The van der Waals surface area contributed by atoms with E-state index in [2.05, 4.69) is 179 Å². The van der Waals surface area contributed by atoms with Crippen molar-refractivity contribution in [3.8, 4) is 16.8 Å². The van der Waals surface area contributed by atoms with E-state index in [0.717, 1.165) is 0 Å². The maximum Gasteiger partial charge on any atom is 0.0602 e. The van der Waals surface area contributed by atoms with Gasteiger partial charge in [-0.2, -0.15) is 0 Å². The van der Waals surface area contributed by atoms with Gasteiger partial charge in [0.05, 0.1) is 22.4 Å². The summed E-state index contributed by atoms with van der Waals surface area (Å²) in [5, 5.41) is 7.61. The molecule has 8 aromatic carbocycles. The Labute approximate surface area is 277 Å².